The van der Waals surface area contributed by atoms with E-state index in [1.54, 1.807) is 26.0 Å². The topological polar surface area (TPSA) is 107 Å². The highest BCUT2D eigenvalue weighted by Gasteiger charge is 2.34. The van der Waals surface area contributed by atoms with Crippen LogP contribution >= 0.6 is 0 Å². The second kappa shape index (κ2) is 7.28. The zero-order valence-electron chi connectivity index (χ0n) is 15.2. The fourth-order valence-corrected chi connectivity index (χ4v) is 2.95. The van der Waals surface area contributed by atoms with Crippen LogP contribution in [0.25, 0.3) is 0 Å². The van der Waals surface area contributed by atoms with Gasteiger partial charge in [0, 0.05) is 13.3 Å². The second-order valence-corrected chi connectivity index (χ2v) is 8.14. The van der Waals surface area contributed by atoms with E-state index in [1.807, 2.05) is 0 Å². The van der Waals surface area contributed by atoms with Crippen LogP contribution < -0.4 is 14.8 Å². The van der Waals surface area contributed by atoms with Gasteiger partial charge in [0.15, 0.2) is 15.6 Å². The lowest BCUT2D eigenvalue weighted by atomic mass is 9.87. The lowest BCUT2D eigenvalue weighted by Gasteiger charge is -2.23. The van der Waals surface area contributed by atoms with Crippen molar-refractivity contribution in [2.24, 2.45) is 0 Å². The Balaban J connectivity index is 2.44. The molecule has 0 saturated carbocycles. The van der Waals surface area contributed by atoms with Crippen molar-refractivity contribution < 1.29 is 22.7 Å². The van der Waals surface area contributed by atoms with E-state index < -0.39 is 15.3 Å². The van der Waals surface area contributed by atoms with Crippen LogP contribution in [-0.2, 0) is 20.0 Å². The molecule has 1 aromatic carbocycles. The predicted octanol–water partition coefficient (Wildman–Crippen LogP) is 1.70. The van der Waals surface area contributed by atoms with Crippen LogP contribution in [0.1, 0.15) is 19.5 Å². The highest BCUT2D eigenvalue weighted by Crippen LogP contribution is 2.32. The molecule has 2 rings (SSSR count). The molecule has 0 radical (unpaired) electrons. The van der Waals surface area contributed by atoms with E-state index in [1.165, 1.54) is 32.5 Å². The van der Waals surface area contributed by atoms with Crippen LogP contribution in [0.5, 0.6) is 17.5 Å². The standard InChI is InChI=1S/C17H21N3O5S/c1-17(2,15(21)18-3)14-13(24-4)10-19-16(20-14)25-11-7-6-8-12(9-11)26(5,22)23/h6-10H,1-5H3,(H,18,21). The number of nitrogens with one attached hydrogen (secondary N) is 1. The Kier molecular flexibility index (Phi) is 5.50. The summed E-state index contributed by atoms with van der Waals surface area (Å²) >= 11 is 0. The summed E-state index contributed by atoms with van der Waals surface area (Å²) in [4.78, 5) is 20.7. The van der Waals surface area contributed by atoms with Crippen molar-refractivity contribution in [3.05, 3.63) is 36.2 Å². The quantitative estimate of drug-likeness (QED) is 0.814. The second-order valence-electron chi connectivity index (χ2n) is 6.12. The van der Waals surface area contributed by atoms with Gasteiger partial charge in [-0.25, -0.2) is 8.42 Å². The van der Waals surface area contributed by atoms with E-state index in [4.69, 9.17) is 9.47 Å². The van der Waals surface area contributed by atoms with E-state index in [-0.39, 0.29) is 22.6 Å². The lowest BCUT2D eigenvalue weighted by Crippen LogP contribution is -2.39. The van der Waals surface area contributed by atoms with Crippen LogP contribution in [0.4, 0.5) is 0 Å². The minimum absolute atomic E-state index is 0.0246. The average molecular weight is 379 g/mol. The normalized spacial score (nSPS) is 11.7. The largest absolute Gasteiger partial charge is 0.493 e. The number of benzene rings is 1. The van der Waals surface area contributed by atoms with Crippen LogP contribution in [0.2, 0.25) is 0 Å². The summed E-state index contributed by atoms with van der Waals surface area (Å²) in [6.07, 6.45) is 2.52. The third-order valence-corrected chi connectivity index (χ3v) is 4.89. The minimum Gasteiger partial charge on any atom is -0.493 e. The average Bonchev–Trinajstić information content (AvgIpc) is 2.60. The summed E-state index contributed by atoms with van der Waals surface area (Å²) < 4.78 is 34.2. The number of likely N-dealkylation sites (N-methyl/N-ethyl adjacent to an activating group) is 1. The first-order chi connectivity index (χ1) is 12.1. The lowest BCUT2D eigenvalue weighted by molar-refractivity contribution is -0.125. The highest BCUT2D eigenvalue weighted by atomic mass is 32.2. The molecule has 9 heteroatoms. The number of hydrogen-bond donors (Lipinski definition) is 1. The fraction of sp³-hybridized carbons (Fsp3) is 0.353. The molecule has 26 heavy (non-hydrogen) atoms. The Morgan fingerprint density at radius 2 is 1.96 bits per heavy atom. The van der Waals surface area contributed by atoms with Gasteiger partial charge in [0.2, 0.25) is 5.91 Å². The fourth-order valence-electron chi connectivity index (χ4n) is 2.29. The summed E-state index contributed by atoms with van der Waals surface area (Å²) in [7, 11) is -0.378. The van der Waals surface area contributed by atoms with Crippen molar-refractivity contribution >= 4 is 15.7 Å². The number of carbonyl (C=O) groups is 1. The molecule has 1 amide bonds. The van der Waals surface area contributed by atoms with E-state index in [9.17, 15) is 13.2 Å². The van der Waals surface area contributed by atoms with Crippen LogP contribution in [0.15, 0.2) is 35.4 Å². The molecular formula is C17H21N3O5S. The van der Waals surface area contributed by atoms with Crippen molar-refractivity contribution in [3.63, 3.8) is 0 Å². The van der Waals surface area contributed by atoms with Crippen molar-refractivity contribution in [1.29, 1.82) is 0 Å². The molecule has 0 spiro atoms. The Morgan fingerprint density at radius 3 is 2.54 bits per heavy atom. The summed E-state index contributed by atoms with van der Waals surface area (Å²) in [6, 6.07) is 5.98. The van der Waals surface area contributed by atoms with Crippen molar-refractivity contribution in [2.45, 2.75) is 24.2 Å². The Bertz CT molecular complexity index is 926. The first-order valence-electron chi connectivity index (χ1n) is 7.71. The number of carbonyl (C=O) groups excluding carboxylic acids is 1. The molecule has 1 heterocycles. The Labute approximate surface area is 152 Å². The SMILES string of the molecule is CNC(=O)C(C)(C)c1nc(Oc2cccc(S(C)(=O)=O)c2)ncc1OC. The van der Waals surface area contributed by atoms with E-state index in [0.29, 0.717) is 11.4 Å². The molecule has 0 saturated heterocycles. The van der Waals surface area contributed by atoms with Gasteiger partial charge in [-0.15, -0.1) is 0 Å². The molecule has 2 aromatic rings. The highest BCUT2D eigenvalue weighted by molar-refractivity contribution is 7.90. The molecule has 0 aliphatic carbocycles. The van der Waals surface area contributed by atoms with Gasteiger partial charge in [0.25, 0.3) is 0 Å². The first kappa shape index (κ1) is 19.6. The van der Waals surface area contributed by atoms with Gasteiger partial charge in [-0.3, -0.25) is 4.79 Å². The van der Waals surface area contributed by atoms with Gasteiger partial charge in [-0.1, -0.05) is 6.07 Å². The third-order valence-electron chi connectivity index (χ3n) is 3.78. The molecule has 0 fully saturated rings. The van der Waals surface area contributed by atoms with Crippen molar-refractivity contribution in [2.75, 3.05) is 20.4 Å². The Hall–Kier alpha value is -2.68. The number of aromatic nitrogens is 2. The molecule has 8 nitrogen and oxygen atoms in total. The van der Waals surface area contributed by atoms with Gasteiger partial charge >= 0.3 is 6.01 Å². The van der Waals surface area contributed by atoms with Gasteiger partial charge in [-0.05, 0) is 32.0 Å². The van der Waals surface area contributed by atoms with Crippen LogP contribution in [0, 0.1) is 0 Å². The predicted molar refractivity (Wildman–Crippen MR) is 95.3 cm³/mol. The molecule has 1 N–H and O–H groups in total. The number of hydrogen-bond acceptors (Lipinski definition) is 7. The van der Waals surface area contributed by atoms with Crippen LogP contribution in [0.3, 0.4) is 0 Å². The molecule has 0 bridgehead atoms. The summed E-state index contributed by atoms with van der Waals surface area (Å²) in [5, 5.41) is 2.59. The van der Waals surface area contributed by atoms with Gasteiger partial charge in [-0.2, -0.15) is 9.97 Å². The molecule has 140 valence electrons. The summed E-state index contributed by atoms with van der Waals surface area (Å²) in [5.74, 6) is 0.358. The number of sulfone groups is 1. The minimum atomic E-state index is -3.37. The number of ether oxygens (including phenoxy) is 2. The molecular weight excluding hydrogens is 358 g/mol. The van der Waals surface area contributed by atoms with Gasteiger partial charge in [0.05, 0.1) is 23.6 Å². The number of nitrogens with zero attached hydrogens (tertiary/aromatic N) is 2. The smallest absolute Gasteiger partial charge is 0.322 e. The van der Waals surface area contributed by atoms with E-state index >= 15 is 0 Å². The number of amides is 1. The number of rotatable bonds is 6. The van der Waals surface area contributed by atoms with E-state index in [0.717, 1.165) is 6.26 Å². The maximum absolute atomic E-state index is 12.2. The van der Waals surface area contributed by atoms with Gasteiger partial charge in [0.1, 0.15) is 11.4 Å². The maximum Gasteiger partial charge on any atom is 0.322 e. The zero-order valence-corrected chi connectivity index (χ0v) is 16.0. The molecule has 0 aliphatic heterocycles. The summed E-state index contributed by atoms with van der Waals surface area (Å²) in [6.45, 7) is 3.40. The number of methoxy groups -OCH3 is 1. The first-order valence-corrected chi connectivity index (χ1v) is 9.60. The Morgan fingerprint density at radius 1 is 1.27 bits per heavy atom. The van der Waals surface area contributed by atoms with Gasteiger partial charge < -0.3 is 14.8 Å². The third kappa shape index (κ3) is 4.10. The molecule has 0 unspecified atom stereocenters. The van der Waals surface area contributed by atoms with Crippen LogP contribution in [-0.4, -0.2) is 44.7 Å². The molecule has 0 atom stereocenters. The molecule has 0 aliphatic rings. The summed E-state index contributed by atoms with van der Waals surface area (Å²) in [5.41, 5.74) is -0.640. The zero-order chi connectivity index (χ0) is 19.5. The maximum atomic E-state index is 12.2. The van der Waals surface area contributed by atoms with Crippen molar-refractivity contribution in [1.82, 2.24) is 15.3 Å². The van der Waals surface area contributed by atoms with E-state index in [2.05, 4.69) is 15.3 Å². The van der Waals surface area contributed by atoms with Crippen molar-refractivity contribution in [3.8, 4) is 17.5 Å². The monoisotopic (exact) mass is 379 g/mol. The molecule has 1 aromatic heterocycles.